The maximum Gasteiger partial charge on any atom is 0.240 e. The lowest BCUT2D eigenvalue weighted by Crippen LogP contribution is -2.38. The summed E-state index contributed by atoms with van der Waals surface area (Å²) >= 11 is 0. The molecule has 200 valence electrons. The number of nitrogens with zero attached hydrogens (tertiary/aromatic N) is 5. The van der Waals surface area contributed by atoms with E-state index in [2.05, 4.69) is 19.7 Å². The number of benzene rings is 1. The second-order valence-corrected chi connectivity index (χ2v) is 11.2. The van der Waals surface area contributed by atoms with Crippen LogP contribution in [0.25, 0.3) is 22.5 Å². The Morgan fingerprint density at radius 1 is 1.19 bits per heavy atom. The fourth-order valence-corrected chi connectivity index (χ4v) is 5.64. The third-order valence-corrected chi connectivity index (χ3v) is 7.89. The van der Waals surface area contributed by atoms with Crippen LogP contribution in [-0.4, -0.2) is 83.2 Å². The van der Waals surface area contributed by atoms with Gasteiger partial charge in [-0.25, -0.2) is 23.1 Å². The summed E-state index contributed by atoms with van der Waals surface area (Å²) in [5.41, 5.74) is 9.40. The van der Waals surface area contributed by atoms with Crippen molar-refractivity contribution in [2.24, 2.45) is 0 Å². The summed E-state index contributed by atoms with van der Waals surface area (Å²) in [7, 11) is -3.79. The minimum Gasteiger partial charge on any atom is -0.393 e. The van der Waals surface area contributed by atoms with Crippen molar-refractivity contribution in [1.29, 1.82) is 0 Å². The molecule has 1 aliphatic heterocycles. The van der Waals surface area contributed by atoms with Crippen molar-refractivity contribution < 1.29 is 18.3 Å². The van der Waals surface area contributed by atoms with Gasteiger partial charge in [0.1, 0.15) is 11.5 Å². The lowest BCUT2D eigenvalue weighted by atomic mass is 10.1. The molecule has 3 heterocycles. The van der Waals surface area contributed by atoms with Gasteiger partial charge in [0.25, 0.3) is 0 Å². The molecule has 2 unspecified atom stereocenters. The molecular formula is C25H35N7O4S. The van der Waals surface area contributed by atoms with Crippen LogP contribution in [0.1, 0.15) is 25.8 Å². The standard InChI is InChI=1S/C25H35N7O4S/c1-17-4-5-21(37(34,35)30-18(2)12-19(3)33)13-22(17)23-15-27-25(26)24(29-23)20-14-28-32(16-20)7-6-31-8-10-36-11-9-31/h4-5,13-16,18-19,30,33H,6-12H2,1-3H3,(H2,26,27). The molecule has 12 heteroatoms. The number of morpholine rings is 1. The molecule has 0 amide bonds. The summed E-state index contributed by atoms with van der Waals surface area (Å²) in [6.45, 7) is 10.2. The van der Waals surface area contributed by atoms with Gasteiger partial charge in [-0.05, 0) is 44.9 Å². The largest absolute Gasteiger partial charge is 0.393 e. The van der Waals surface area contributed by atoms with E-state index < -0.39 is 22.2 Å². The van der Waals surface area contributed by atoms with Crippen molar-refractivity contribution in [2.75, 3.05) is 38.6 Å². The number of hydrogen-bond acceptors (Lipinski definition) is 9. The van der Waals surface area contributed by atoms with Gasteiger partial charge in [0.05, 0.1) is 48.8 Å². The third kappa shape index (κ3) is 6.90. The number of nitrogen functional groups attached to an aromatic ring is 1. The number of aliphatic hydroxyl groups excluding tert-OH is 1. The minimum absolute atomic E-state index is 0.113. The summed E-state index contributed by atoms with van der Waals surface area (Å²) in [6, 6.07) is 4.46. The van der Waals surface area contributed by atoms with Crippen LogP contribution in [0, 0.1) is 6.92 Å². The van der Waals surface area contributed by atoms with Crippen LogP contribution >= 0.6 is 0 Å². The van der Waals surface area contributed by atoms with Crippen molar-refractivity contribution in [1.82, 2.24) is 29.4 Å². The number of sulfonamides is 1. The number of nitrogens with one attached hydrogen (secondary N) is 1. The number of rotatable bonds is 10. The van der Waals surface area contributed by atoms with Gasteiger partial charge >= 0.3 is 0 Å². The van der Waals surface area contributed by atoms with E-state index >= 15 is 0 Å². The summed E-state index contributed by atoms with van der Waals surface area (Å²) in [5, 5.41) is 14.0. The summed E-state index contributed by atoms with van der Waals surface area (Å²) < 4.78 is 35.8. The van der Waals surface area contributed by atoms with E-state index in [9.17, 15) is 13.5 Å². The van der Waals surface area contributed by atoms with Crippen LogP contribution in [-0.2, 0) is 21.3 Å². The topological polar surface area (TPSA) is 148 Å². The minimum atomic E-state index is -3.79. The van der Waals surface area contributed by atoms with Crippen molar-refractivity contribution in [3.63, 3.8) is 0 Å². The number of aliphatic hydroxyl groups is 1. The average Bonchev–Trinajstić information content (AvgIpc) is 3.32. The van der Waals surface area contributed by atoms with Crippen LogP contribution in [0.3, 0.4) is 0 Å². The lowest BCUT2D eigenvalue weighted by molar-refractivity contribution is 0.0360. The second-order valence-electron chi connectivity index (χ2n) is 9.52. The van der Waals surface area contributed by atoms with Crippen LogP contribution in [0.2, 0.25) is 0 Å². The molecule has 37 heavy (non-hydrogen) atoms. The van der Waals surface area contributed by atoms with Gasteiger partial charge < -0.3 is 15.6 Å². The summed E-state index contributed by atoms with van der Waals surface area (Å²) in [5.74, 6) is 0.270. The first-order chi connectivity index (χ1) is 17.6. The lowest BCUT2D eigenvalue weighted by Gasteiger charge is -2.26. The molecule has 0 radical (unpaired) electrons. The number of nitrogens with two attached hydrogens (primary N) is 1. The van der Waals surface area contributed by atoms with E-state index in [0.717, 1.165) is 50.5 Å². The Kier molecular flexibility index (Phi) is 8.55. The van der Waals surface area contributed by atoms with Gasteiger partial charge in [-0.2, -0.15) is 5.10 Å². The molecule has 3 aromatic rings. The summed E-state index contributed by atoms with van der Waals surface area (Å²) in [4.78, 5) is 11.5. The molecule has 0 bridgehead atoms. The zero-order valence-corrected chi connectivity index (χ0v) is 22.3. The predicted octanol–water partition coefficient (Wildman–Crippen LogP) is 1.67. The predicted molar refractivity (Wildman–Crippen MR) is 141 cm³/mol. The number of hydrogen-bond donors (Lipinski definition) is 3. The maximum absolute atomic E-state index is 13.0. The van der Waals surface area contributed by atoms with Gasteiger partial charge in [0, 0.05) is 43.0 Å². The zero-order chi connectivity index (χ0) is 26.6. The number of ether oxygens (including phenoxy) is 1. The molecule has 4 N–H and O–H groups in total. The molecule has 1 aromatic carbocycles. The Morgan fingerprint density at radius 3 is 2.68 bits per heavy atom. The Morgan fingerprint density at radius 2 is 1.95 bits per heavy atom. The van der Waals surface area contributed by atoms with Gasteiger partial charge in [0.2, 0.25) is 10.0 Å². The first-order valence-electron chi connectivity index (χ1n) is 12.4. The average molecular weight is 530 g/mol. The quantitative estimate of drug-likeness (QED) is 0.356. The Labute approximate surface area is 217 Å². The van der Waals surface area contributed by atoms with Crippen molar-refractivity contribution >= 4 is 15.8 Å². The molecule has 0 aliphatic carbocycles. The van der Waals surface area contributed by atoms with E-state index in [1.54, 1.807) is 44.4 Å². The van der Waals surface area contributed by atoms with Crippen molar-refractivity contribution in [2.45, 2.75) is 50.8 Å². The fourth-order valence-electron chi connectivity index (χ4n) is 4.35. The van der Waals surface area contributed by atoms with Crippen molar-refractivity contribution in [3.8, 4) is 22.5 Å². The number of anilines is 1. The highest BCUT2D eigenvalue weighted by molar-refractivity contribution is 7.89. The van der Waals surface area contributed by atoms with Crippen LogP contribution in [0.15, 0.2) is 41.7 Å². The molecular weight excluding hydrogens is 494 g/mol. The van der Waals surface area contributed by atoms with Crippen LogP contribution < -0.4 is 10.5 Å². The first-order valence-corrected chi connectivity index (χ1v) is 13.9. The Hall–Kier alpha value is -2.90. The molecule has 11 nitrogen and oxygen atoms in total. The van der Waals surface area contributed by atoms with Gasteiger partial charge in [-0.3, -0.25) is 9.58 Å². The van der Waals surface area contributed by atoms with E-state index in [0.29, 0.717) is 23.4 Å². The summed E-state index contributed by atoms with van der Waals surface area (Å²) in [6.07, 6.45) is 4.85. The first kappa shape index (κ1) is 27.1. The van der Waals surface area contributed by atoms with Gasteiger partial charge in [-0.1, -0.05) is 6.07 Å². The Balaban J connectivity index is 1.56. The second kappa shape index (κ2) is 11.7. The SMILES string of the molecule is Cc1ccc(S(=O)(=O)NC(C)CC(C)O)cc1-c1cnc(N)c(-c2cnn(CCN3CCOCC3)c2)n1. The normalized spacial score (nSPS) is 16.5. The van der Waals surface area contributed by atoms with Crippen LogP contribution in [0.5, 0.6) is 0 Å². The molecule has 0 spiro atoms. The van der Waals surface area contributed by atoms with Crippen molar-refractivity contribution in [3.05, 3.63) is 42.4 Å². The maximum atomic E-state index is 13.0. The highest BCUT2D eigenvalue weighted by Crippen LogP contribution is 2.29. The van der Waals surface area contributed by atoms with E-state index in [4.69, 9.17) is 15.5 Å². The highest BCUT2D eigenvalue weighted by atomic mass is 32.2. The third-order valence-electron chi connectivity index (χ3n) is 6.30. The molecule has 2 atom stereocenters. The number of aryl methyl sites for hydroxylation is 1. The molecule has 1 fully saturated rings. The van der Waals surface area contributed by atoms with E-state index in [1.807, 2.05) is 17.8 Å². The van der Waals surface area contributed by atoms with Gasteiger partial charge in [-0.15, -0.1) is 0 Å². The Bertz CT molecular complexity index is 1320. The molecule has 1 saturated heterocycles. The smallest absolute Gasteiger partial charge is 0.240 e. The molecule has 0 saturated carbocycles. The van der Waals surface area contributed by atoms with Gasteiger partial charge in [0.15, 0.2) is 0 Å². The fraction of sp³-hybridized carbons (Fsp3) is 0.480. The monoisotopic (exact) mass is 529 g/mol. The van der Waals surface area contributed by atoms with Crippen LogP contribution in [0.4, 0.5) is 5.82 Å². The molecule has 1 aliphatic rings. The van der Waals surface area contributed by atoms with E-state index in [1.165, 1.54) is 0 Å². The zero-order valence-electron chi connectivity index (χ0n) is 21.5. The number of aromatic nitrogens is 4. The highest BCUT2D eigenvalue weighted by Gasteiger charge is 2.21. The van der Waals surface area contributed by atoms with E-state index in [-0.39, 0.29) is 10.7 Å². The molecule has 4 rings (SSSR count). The molecule has 2 aromatic heterocycles.